The van der Waals surface area contributed by atoms with Crippen LogP contribution in [0.25, 0.3) is 0 Å². The van der Waals surface area contributed by atoms with Gasteiger partial charge in [-0.2, -0.15) is 0 Å². The zero-order valence-corrected chi connectivity index (χ0v) is 12.4. The summed E-state index contributed by atoms with van der Waals surface area (Å²) < 4.78 is 0. The second kappa shape index (κ2) is 10.1. The van der Waals surface area contributed by atoms with Crippen molar-refractivity contribution in [1.82, 2.24) is 0 Å². The Kier molecular flexibility index (Phi) is 8.85. The predicted octanol–water partition coefficient (Wildman–Crippen LogP) is 4.27. The quantitative estimate of drug-likeness (QED) is 0.367. The Bertz CT molecular complexity index is 578. The topological polar surface area (TPSA) is 54.4 Å². The van der Waals surface area contributed by atoms with E-state index in [1.165, 1.54) is 24.3 Å². The Morgan fingerprint density at radius 2 is 1.86 bits per heavy atom. The molecule has 0 saturated heterocycles. The monoisotopic (exact) mass is 284 g/mol. The number of hydrogen-bond donors (Lipinski definition) is 1. The van der Waals surface area contributed by atoms with Gasteiger partial charge in [-0.25, -0.2) is 0 Å². The van der Waals surface area contributed by atoms with Crippen LogP contribution in [-0.4, -0.2) is 17.2 Å². The third-order valence-corrected chi connectivity index (χ3v) is 2.40. The maximum absolute atomic E-state index is 11.9. The van der Waals surface area contributed by atoms with Crippen LogP contribution in [0, 0.1) is 0 Å². The summed E-state index contributed by atoms with van der Waals surface area (Å²) in [7, 11) is 0. The average Bonchev–Trinajstić information content (AvgIpc) is 2.53. The summed E-state index contributed by atoms with van der Waals surface area (Å²) in [6.45, 7) is 11.1. The zero-order valence-electron chi connectivity index (χ0n) is 12.4. The molecule has 0 heterocycles. The predicted molar refractivity (Wildman–Crippen MR) is 86.8 cm³/mol. The van der Waals surface area contributed by atoms with E-state index in [1.807, 2.05) is 13.8 Å². The number of rotatable bonds is 6. The van der Waals surface area contributed by atoms with Crippen LogP contribution in [0.5, 0.6) is 5.75 Å². The van der Waals surface area contributed by atoms with E-state index in [4.69, 9.17) is 0 Å². The summed E-state index contributed by atoms with van der Waals surface area (Å²) in [6, 6.07) is 4.11. The molecule has 0 aromatic heterocycles. The number of ketones is 1. The van der Waals surface area contributed by atoms with Crippen molar-refractivity contribution in [1.29, 1.82) is 0 Å². The van der Waals surface area contributed by atoms with E-state index in [-0.39, 0.29) is 11.3 Å². The number of aromatic hydroxyl groups is 1. The Morgan fingerprint density at radius 1 is 1.19 bits per heavy atom. The molecule has 0 aliphatic rings. The fourth-order valence-electron chi connectivity index (χ4n) is 1.41. The molecule has 0 spiro atoms. The number of aldehydes is 1. The third kappa shape index (κ3) is 5.87. The van der Waals surface area contributed by atoms with Gasteiger partial charge in [-0.15, -0.1) is 0 Å². The molecule has 0 bridgehead atoms. The van der Waals surface area contributed by atoms with Crippen LogP contribution in [-0.2, 0) is 0 Å². The second-order valence-corrected chi connectivity index (χ2v) is 3.70. The molecular weight excluding hydrogens is 264 g/mol. The smallest absolute Gasteiger partial charge is 0.189 e. The number of carbonyl (C=O) groups is 2. The van der Waals surface area contributed by atoms with Gasteiger partial charge in [0.05, 0.1) is 5.56 Å². The van der Waals surface area contributed by atoms with Crippen LogP contribution in [0.15, 0.2) is 67.3 Å². The number of allylic oxidation sites excluding steroid dienone is 6. The van der Waals surface area contributed by atoms with Gasteiger partial charge in [0.1, 0.15) is 12.0 Å². The van der Waals surface area contributed by atoms with E-state index in [1.54, 1.807) is 24.3 Å². The van der Waals surface area contributed by atoms with E-state index < -0.39 is 5.78 Å². The minimum atomic E-state index is -0.391. The lowest BCUT2D eigenvalue weighted by atomic mass is 10.1. The highest BCUT2D eigenvalue weighted by Crippen LogP contribution is 2.19. The van der Waals surface area contributed by atoms with Crippen LogP contribution in [0.1, 0.15) is 34.6 Å². The van der Waals surface area contributed by atoms with Crippen LogP contribution in [0.2, 0.25) is 0 Å². The molecular formula is C18H20O3. The molecule has 0 atom stereocenters. The van der Waals surface area contributed by atoms with E-state index in [0.29, 0.717) is 11.8 Å². The molecule has 0 amide bonds. The molecule has 0 saturated carbocycles. The van der Waals surface area contributed by atoms with Crippen molar-refractivity contribution in [3.8, 4) is 5.75 Å². The van der Waals surface area contributed by atoms with Crippen molar-refractivity contribution < 1.29 is 14.7 Å². The fourth-order valence-corrected chi connectivity index (χ4v) is 1.41. The average molecular weight is 284 g/mol. The first kappa shape index (κ1) is 18.3. The SMILES string of the molecule is C=C/C=C(C=C)/C=C/C(=O)c1cc(C=O)ccc1O.CC. The summed E-state index contributed by atoms with van der Waals surface area (Å²) in [5, 5.41) is 9.61. The van der Waals surface area contributed by atoms with Crippen LogP contribution >= 0.6 is 0 Å². The minimum Gasteiger partial charge on any atom is -0.507 e. The summed E-state index contributed by atoms with van der Waals surface area (Å²) in [6.07, 6.45) is 8.33. The van der Waals surface area contributed by atoms with Crippen molar-refractivity contribution >= 4 is 12.1 Å². The number of phenolic OH excluding ortho intramolecular Hbond substituents is 1. The highest BCUT2D eigenvalue weighted by molar-refractivity contribution is 6.07. The van der Waals surface area contributed by atoms with E-state index in [9.17, 15) is 14.7 Å². The molecule has 0 aliphatic heterocycles. The van der Waals surface area contributed by atoms with Crippen molar-refractivity contribution in [3.63, 3.8) is 0 Å². The summed E-state index contributed by atoms with van der Waals surface area (Å²) >= 11 is 0. The van der Waals surface area contributed by atoms with Gasteiger partial charge < -0.3 is 5.11 Å². The van der Waals surface area contributed by atoms with Crippen molar-refractivity contribution in [2.75, 3.05) is 0 Å². The van der Waals surface area contributed by atoms with Crippen molar-refractivity contribution in [3.05, 3.63) is 78.4 Å². The van der Waals surface area contributed by atoms with E-state index in [2.05, 4.69) is 13.2 Å². The molecule has 3 nitrogen and oxygen atoms in total. The molecule has 1 aromatic rings. The van der Waals surface area contributed by atoms with Crippen LogP contribution < -0.4 is 0 Å². The molecule has 0 unspecified atom stereocenters. The molecule has 0 radical (unpaired) electrons. The van der Waals surface area contributed by atoms with Gasteiger partial charge in [-0.1, -0.05) is 51.3 Å². The molecule has 0 fully saturated rings. The van der Waals surface area contributed by atoms with Gasteiger partial charge in [-0.3, -0.25) is 9.59 Å². The minimum absolute atomic E-state index is 0.0860. The van der Waals surface area contributed by atoms with Crippen LogP contribution in [0.3, 0.4) is 0 Å². The lowest BCUT2D eigenvalue weighted by molar-refractivity contribution is 0.104. The largest absolute Gasteiger partial charge is 0.507 e. The normalized spacial score (nSPS) is 10.5. The van der Waals surface area contributed by atoms with Crippen LogP contribution in [0.4, 0.5) is 0 Å². The number of benzene rings is 1. The van der Waals surface area contributed by atoms with E-state index in [0.717, 1.165) is 5.57 Å². The van der Waals surface area contributed by atoms with Crippen molar-refractivity contribution in [2.45, 2.75) is 13.8 Å². The van der Waals surface area contributed by atoms with Gasteiger partial charge in [0, 0.05) is 5.56 Å². The fraction of sp³-hybridized carbons (Fsp3) is 0.111. The molecule has 3 heteroatoms. The molecule has 21 heavy (non-hydrogen) atoms. The first-order valence-corrected chi connectivity index (χ1v) is 6.58. The van der Waals surface area contributed by atoms with Gasteiger partial charge in [0.25, 0.3) is 0 Å². The maximum Gasteiger partial charge on any atom is 0.189 e. The second-order valence-electron chi connectivity index (χ2n) is 3.70. The molecule has 0 aliphatic carbocycles. The van der Waals surface area contributed by atoms with Gasteiger partial charge >= 0.3 is 0 Å². The Balaban J connectivity index is 0.00000191. The van der Waals surface area contributed by atoms with Gasteiger partial charge in [0.2, 0.25) is 0 Å². The Morgan fingerprint density at radius 3 is 2.38 bits per heavy atom. The summed E-state index contributed by atoms with van der Waals surface area (Å²) in [4.78, 5) is 22.6. The van der Waals surface area contributed by atoms with Crippen molar-refractivity contribution in [2.24, 2.45) is 0 Å². The molecule has 1 rings (SSSR count). The number of phenols is 1. The summed E-state index contributed by atoms with van der Waals surface area (Å²) in [5.74, 6) is -0.550. The number of hydrogen-bond acceptors (Lipinski definition) is 3. The first-order chi connectivity index (χ1) is 10.1. The van der Waals surface area contributed by atoms with Gasteiger partial charge in [0.15, 0.2) is 5.78 Å². The molecule has 1 aromatic carbocycles. The maximum atomic E-state index is 11.9. The summed E-state index contributed by atoms with van der Waals surface area (Å²) in [5.41, 5.74) is 1.14. The van der Waals surface area contributed by atoms with Gasteiger partial charge in [-0.05, 0) is 29.8 Å². The standard InChI is InChI=1S/C16H14O3.C2H6/c1-3-5-12(4-2)6-8-15(18)14-10-13(11-17)7-9-16(14)19;1-2/h3-11,19H,1-2H2;1-2H3/b8-6+,12-5+;. The lowest BCUT2D eigenvalue weighted by Gasteiger charge is -2.01. The first-order valence-electron chi connectivity index (χ1n) is 6.58. The van der Waals surface area contributed by atoms with E-state index >= 15 is 0 Å². The zero-order chi connectivity index (χ0) is 16.3. The molecule has 1 N–H and O–H groups in total. The highest BCUT2D eigenvalue weighted by atomic mass is 16.3. The Hall–Kier alpha value is -2.68. The number of carbonyl (C=O) groups excluding carboxylic acids is 2. The lowest BCUT2D eigenvalue weighted by Crippen LogP contribution is -1.96. The third-order valence-electron chi connectivity index (χ3n) is 2.40. The molecule has 110 valence electrons. The highest BCUT2D eigenvalue weighted by Gasteiger charge is 2.09. The Labute approximate surface area is 125 Å².